The lowest BCUT2D eigenvalue weighted by atomic mass is 9.85. The van der Waals surface area contributed by atoms with Gasteiger partial charge in [-0.15, -0.1) is 11.3 Å². The first-order chi connectivity index (χ1) is 10.8. The van der Waals surface area contributed by atoms with Crippen LogP contribution in [0.1, 0.15) is 42.5 Å². The molecule has 0 spiro atoms. The Kier molecular flexibility index (Phi) is 3.58. The van der Waals surface area contributed by atoms with Crippen molar-refractivity contribution in [3.05, 3.63) is 47.5 Å². The monoisotopic (exact) mass is 313 g/mol. The smallest absolute Gasteiger partial charge is 0.258 e. The van der Waals surface area contributed by atoms with E-state index in [1.165, 1.54) is 25.0 Å². The second kappa shape index (κ2) is 5.72. The quantitative estimate of drug-likeness (QED) is 0.844. The zero-order valence-corrected chi connectivity index (χ0v) is 13.3. The summed E-state index contributed by atoms with van der Waals surface area (Å²) in [5.74, 6) is 0.749. The number of rotatable bonds is 2. The number of aromatic nitrogens is 2. The fourth-order valence-corrected chi connectivity index (χ4v) is 4.35. The lowest BCUT2D eigenvalue weighted by Crippen LogP contribution is -2.38. The van der Waals surface area contributed by atoms with Gasteiger partial charge in [0.2, 0.25) is 0 Å². The first-order valence-electron chi connectivity index (χ1n) is 7.92. The lowest BCUT2D eigenvalue weighted by molar-refractivity contribution is 0.0749. The minimum atomic E-state index is 0.153. The Morgan fingerprint density at radius 3 is 3.09 bits per heavy atom. The molecule has 5 heteroatoms. The SMILES string of the molecule is O=C(c1csc(-n2ccnc2)c1)N1CCCC2CCCC=C21. The van der Waals surface area contributed by atoms with Gasteiger partial charge in [0.1, 0.15) is 5.00 Å². The third kappa shape index (κ3) is 2.39. The van der Waals surface area contributed by atoms with Gasteiger partial charge in [-0.3, -0.25) is 9.36 Å². The number of allylic oxidation sites excluding steroid dienone is 2. The van der Waals surface area contributed by atoms with Crippen LogP contribution in [-0.4, -0.2) is 26.9 Å². The van der Waals surface area contributed by atoms with Crippen LogP contribution < -0.4 is 0 Å². The number of nitrogens with zero attached hydrogens (tertiary/aromatic N) is 3. The van der Waals surface area contributed by atoms with Crippen molar-refractivity contribution >= 4 is 17.2 Å². The van der Waals surface area contributed by atoms with Crippen LogP contribution in [0.5, 0.6) is 0 Å². The molecule has 3 heterocycles. The highest BCUT2D eigenvalue weighted by molar-refractivity contribution is 7.12. The van der Waals surface area contributed by atoms with Gasteiger partial charge in [-0.1, -0.05) is 6.08 Å². The third-order valence-electron chi connectivity index (χ3n) is 4.61. The van der Waals surface area contributed by atoms with E-state index in [2.05, 4.69) is 11.1 Å². The van der Waals surface area contributed by atoms with Crippen molar-refractivity contribution < 1.29 is 4.79 Å². The summed E-state index contributed by atoms with van der Waals surface area (Å²) in [5.41, 5.74) is 2.07. The van der Waals surface area contributed by atoms with E-state index in [1.54, 1.807) is 23.9 Å². The van der Waals surface area contributed by atoms with Crippen molar-refractivity contribution in [2.45, 2.75) is 32.1 Å². The minimum absolute atomic E-state index is 0.153. The molecule has 22 heavy (non-hydrogen) atoms. The normalized spacial score (nSPS) is 21.4. The lowest BCUT2D eigenvalue weighted by Gasteiger charge is -2.37. The Bertz CT molecular complexity index is 701. The molecule has 1 saturated heterocycles. The largest absolute Gasteiger partial charge is 0.312 e. The zero-order chi connectivity index (χ0) is 14.9. The maximum Gasteiger partial charge on any atom is 0.258 e. The Labute approximate surface area is 134 Å². The molecule has 114 valence electrons. The molecule has 1 amide bonds. The highest BCUT2D eigenvalue weighted by atomic mass is 32.1. The number of piperidine rings is 1. The van der Waals surface area contributed by atoms with Gasteiger partial charge >= 0.3 is 0 Å². The summed E-state index contributed by atoms with van der Waals surface area (Å²) in [6, 6.07) is 1.97. The highest BCUT2D eigenvalue weighted by Gasteiger charge is 2.31. The number of thiophene rings is 1. The molecule has 4 nitrogen and oxygen atoms in total. The van der Waals surface area contributed by atoms with E-state index >= 15 is 0 Å². The number of hydrogen-bond donors (Lipinski definition) is 0. The molecular formula is C17H19N3OS. The van der Waals surface area contributed by atoms with E-state index in [1.807, 2.05) is 27.1 Å². The summed E-state index contributed by atoms with van der Waals surface area (Å²) in [6.45, 7) is 0.859. The van der Waals surface area contributed by atoms with Crippen molar-refractivity contribution in [3.63, 3.8) is 0 Å². The standard InChI is InChI=1S/C17H19N3OS/c21-17(14-10-16(22-11-14)19-9-7-18-12-19)20-8-3-5-13-4-1-2-6-15(13)20/h6-7,9-13H,1-5,8H2. The third-order valence-corrected chi connectivity index (χ3v) is 5.55. The minimum Gasteiger partial charge on any atom is -0.312 e. The van der Waals surface area contributed by atoms with Gasteiger partial charge < -0.3 is 4.90 Å². The second-order valence-corrected chi connectivity index (χ2v) is 6.89. The Morgan fingerprint density at radius 1 is 1.32 bits per heavy atom. The predicted molar refractivity (Wildman–Crippen MR) is 87.1 cm³/mol. The van der Waals surface area contributed by atoms with Crippen LogP contribution in [0.3, 0.4) is 0 Å². The number of likely N-dealkylation sites (tertiary alicyclic amines) is 1. The molecule has 0 radical (unpaired) electrons. The van der Waals surface area contributed by atoms with Gasteiger partial charge in [0.15, 0.2) is 0 Å². The fourth-order valence-electron chi connectivity index (χ4n) is 3.51. The zero-order valence-electron chi connectivity index (χ0n) is 12.4. The molecule has 2 aliphatic rings. The van der Waals surface area contributed by atoms with Crippen LogP contribution >= 0.6 is 11.3 Å². The van der Waals surface area contributed by atoms with E-state index in [4.69, 9.17) is 0 Å². The molecular weight excluding hydrogens is 294 g/mol. The number of amides is 1. The molecule has 2 aromatic rings. The average Bonchev–Trinajstić information content (AvgIpc) is 3.24. The highest BCUT2D eigenvalue weighted by Crippen LogP contribution is 2.36. The van der Waals surface area contributed by atoms with Gasteiger partial charge in [-0.2, -0.15) is 0 Å². The Hall–Kier alpha value is -1.88. The fraction of sp³-hybridized carbons (Fsp3) is 0.412. The number of hydrogen-bond acceptors (Lipinski definition) is 3. The van der Waals surface area contributed by atoms with Crippen molar-refractivity contribution in [3.8, 4) is 5.00 Å². The maximum absolute atomic E-state index is 12.9. The molecule has 1 unspecified atom stereocenters. The average molecular weight is 313 g/mol. The van der Waals surface area contributed by atoms with E-state index < -0.39 is 0 Å². The number of carbonyl (C=O) groups excluding carboxylic acids is 1. The Morgan fingerprint density at radius 2 is 2.23 bits per heavy atom. The van der Waals surface area contributed by atoms with Gasteiger partial charge in [-0.25, -0.2) is 4.98 Å². The van der Waals surface area contributed by atoms with Gasteiger partial charge in [0, 0.05) is 30.0 Å². The van der Waals surface area contributed by atoms with Crippen LogP contribution in [0.15, 0.2) is 41.9 Å². The molecule has 0 aromatic carbocycles. The molecule has 4 rings (SSSR count). The molecule has 1 atom stereocenters. The molecule has 0 N–H and O–H groups in total. The first-order valence-corrected chi connectivity index (χ1v) is 8.79. The summed E-state index contributed by atoms with van der Waals surface area (Å²) < 4.78 is 1.94. The van der Waals surface area contributed by atoms with E-state index in [-0.39, 0.29) is 5.91 Å². The summed E-state index contributed by atoms with van der Waals surface area (Å²) in [4.78, 5) is 19.0. The van der Waals surface area contributed by atoms with Gasteiger partial charge in [0.05, 0.1) is 11.9 Å². The first kappa shape index (κ1) is 13.8. The number of carbonyl (C=O) groups is 1. The molecule has 1 aliphatic carbocycles. The maximum atomic E-state index is 12.9. The number of imidazole rings is 1. The van der Waals surface area contributed by atoms with Crippen LogP contribution in [0.2, 0.25) is 0 Å². The van der Waals surface area contributed by atoms with Crippen molar-refractivity contribution in [2.75, 3.05) is 6.54 Å². The number of fused-ring (bicyclic) bond motifs is 1. The topological polar surface area (TPSA) is 38.1 Å². The van der Waals surface area contributed by atoms with Crippen LogP contribution in [0, 0.1) is 5.92 Å². The molecule has 0 bridgehead atoms. The summed E-state index contributed by atoms with van der Waals surface area (Å²) >= 11 is 1.58. The van der Waals surface area contributed by atoms with E-state index in [0.29, 0.717) is 5.92 Å². The van der Waals surface area contributed by atoms with Gasteiger partial charge in [-0.05, 0) is 44.1 Å². The summed E-state index contributed by atoms with van der Waals surface area (Å²) in [6.07, 6.45) is 13.7. The predicted octanol–water partition coefficient (Wildman–Crippen LogP) is 3.85. The van der Waals surface area contributed by atoms with Crippen molar-refractivity contribution in [1.82, 2.24) is 14.5 Å². The second-order valence-electron chi connectivity index (χ2n) is 6.00. The van der Waals surface area contributed by atoms with Crippen LogP contribution in [0.25, 0.3) is 5.00 Å². The van der Waals surface area contributed by atoms with E-state index in [0.717, 1.165) is 30.0 Å². The van der Waals surface area contributed by atoms with Crippen LogP contribution in [-0.2, 0) is 0 Å². The molecule has 0 saturated carbocycles. The molecule has 2 aromatic heterocycles. The van der Waals surface area contributed by atoms with Crippen molar-refractivity contribution in [2.24, 2.45) is 5.92 Å². The van der Waals surface area contributed by atoms with Crippen molar-refractivity contribution in [1.29, 1.82) is 0 Å². The Balaban J connectivity index is 1.60. The summed E-state index contributed by atoms with van der Waals surface area (Å²) in [5, 5.41) is 3.00. The van der Waals surface area contributed by atoms with Gasteiger partial charge in [0.25, 0.3) is 5.91 Å². The molecule has 1 fully saturated rings. The van der Waals surface area contributed by atoms with E-state index in [9.17, 15) is 4.79 Å². The van der Waals surface area contributed by atoms with Crippen LogP contribution in [0.4, 0.5) is 0 Å². The summed E-state index contributed by atoms with van der Waals surface area (Å²) in [7, 11) is 0. The molecule has 1 aliphatic heterocycles.